The minimum absolute atomic E-state index is 0.273. The fourth-order valence-corrected chi connectivity index (χ4v) is 3.19. The molecule has 4 rings (SSSR count). The molecule has 2 aromatic heterocycles. The van der Waals surface area contributed by atoms with Crippen LogP contribution < -0.4 is 10.1 Å². The summed E-state index contributed by atoms with van der Waals surface area (Å²) in [5, 5.41) is 10.9. The zero-order chi connectivity index (χ0) is 19.3. The van der Waals surface area contributed by atoms with Crippen LogP contribution in [0.3, 0.4) is 0 Å². The van der Waals surface area contributed by atoms with E-state index in [1.165, 1.54) is 10.9 Å². The van der Waals surface area contributed by atoms with Gasteiger partial charge in [-0.2, -0.15) is 4.98 Å². The van der Waals surface area contributed by atoms with Crippen LogP contribution in [0.5, 0.6) is 5.75 Å². The number of nitrogens with zero attached hydrogens (tertiary/aromatic N) is 2. The Morgan fingerprint density at radius 3 is 2.93 bits per heavy atom. The Hall–Kier alpha value is -3.61. The van der Waals surface area contributed by atoms with Crippen molar-refractivity contribution in [2.45, 2.75) is 19.3 Å². The monoisotopic (exact) mass is 375 g/mol. The Balaban J connectivity index is 1.33. The molecule has 1 amide bonds. The Morgan fingerprint density at radius 2 is 2.04 bits per heavy atom. The number of amides is 1. The third kappa shape index (κ3) is 3.88. The Bertz CT molecular complexity index is 1100. The number of H-pyrrole nitrogens is 2. The van der Waals surface area contributed by atoms with Crippen molar-refractivity contribution in [2.24, 2.45) is 0 Å². The maximum atomic E-state index is 12.3. The zero-order valence-corrected chi connectivity index (χ0v) is 15.5. The predicted molar refractivity (Wildman–Crippen MR) is 108 cm³/mol. The van der Waals surface area contributed by atoms with E-state index in [0.717, 1.165) is 30.6 Å². The summed E-state index contributed by atoms with van der Waals surface area (Å²) in [6, 6.07) is 15.2. The molecular formula is C21H21N5O2. The summed E-state index contributed by atoms with van der Waals surface area (Å²) in [7, 11) is 1.56. The van der Waals surface area contributed by atoms with Gasteiger partial charge in [-0.3, -0.25) is 15.2 Å². The van der Waals surface area contributed by atoms with Gasteiger partial charge < -0.3 is 9.72 Å². The topological polar surface area (TPSA) is 95.7 Å². The zero-order valence-electron chi connectivity index (χ0n) is 15.5. The molecule has 0 saturated carbocycles. The summed E-state index contributed by atoms with van der Waals surface area (Å²) in [6.45, 7) is 0. The molecule has 4 aromatic rings. The smallest absolute Gasteiger partial charge is 0.258 e. The summed E-state index contributed by atoms with van der Waals surface area (Å²) >= 11 is 0. The average molecular weight is 375 g/mol. The Labute approximate surface area is 162 Å². The van der Waals surface area contributed by atoms with Crippen LogP contribution in [0.15, 0.2) is 54.7 Å². The molecule has 142 valence electrons. The second-order valence-electron chi connectivity index (χ2n) is 6.50. The molecule has 2 aromatic carbocycles. The van der Waals surface area contributed by atoms with E-state index in [2.05, 4.69) is 43.8 Å². The summed E-state index contributed by atoms with van der Waals surface area (Å²) in [4.78, 5) is 20.0. The molecule has 7 nitrogen and oxygen atoms in total. The van der Waals surface area contributed by atoms with Crippen molar-refractivity contribution in [3.63, 3.8) is 0 Å². The van der Waals surface area contributed by atoms with Gasteiger partial charge in [0.2, 0.25) is 5.95 Å². The Kier molecular flexibility index (Phi) is 5.05. The molecule has 0 aliphatic heterocycles. The van der Waals surface area contributed by atoms with Crippen molar-refractivity contribution in [3.8, 4) is 5.75 Å². The van der Waals surface area contributed by atoms with E-state index < -0.39 is 0 Å². The van der Waals surface area contributed by atoms with Crippen molar-refractivity contribution >= 4 is 22.8 Å². The van der Waals surface area contributed by atoms with Crippen LogP contribution in [0, 0.1) is 0 Å². The molecule has 0 bridgehead atoms. The van der Waals surface area contributed by atoms with Crippen molar-refractivity contribution in [2.75, 3.05) is 12.4 Å². The number of anilines is 1. The lowest BCUT2D eigenvalue weighted by Gasteiger charge is -2.03. The van der Waals surface area contributed by atoms with Crippen LogP contribution in [0.25, 0.3) is 10.9 Å². The number of carbonyl (C=O) groups excluding carboxylic acids is 1. The fraction of sp³-hybridized carbons (Fsp3) is 0.190. The van der Waals surface area contributed by atoms with Crippen LogP contribution in [-0.4, -0.2) is 33.2 Å². The highest BCUT2D eigenvalue weighted by atomic mass is 16.5. The quantitative estimate of drug-likeness (QED) is 0.459. The first-order chi connectivity index (χ1) is 13.7. The van der Waals surface area contributed by atoms with E-state index in [1.807, 2.05) is 12.1 Å². The molecule has 28 heavy (non-hydrogen) atoms. The van der Waals surface area contributed by atoms with E-state index in [9.17, 15) is 4.79 Å². The van der Waals surface area contributed by atoms with Crippen molar-refractivity contribution < 1.29 is 9.53 Å². The van der Waals surface area contributed by atoms with Crippen LogP contribution in [0.2, 0.25) is 0 Å². The molecule has 0 unspecified atom stereocenters. The SMILES string of the molecule is COc1cccc(C(=O)Nc2n[nH]c(CCCc3c[nH]c4ccccc34)n2)c1. The van der Waals surface area contributed by atoms with Gasteiger partial charge in [-0.15, -0.1) is 5.10 Å². The lowest BCUT2D eigenvalue weighted by molar-refractivity contribution is 0.102. The molecule has 0 aliphatic carbocycles. The van der Waals surface area contributed by atoms with E-state index in [0.29, 0.717) is 11.3 Å². The number of para-hydroxylation sites is 1. The highest BCUT2D eigenvalue weighted by Crippen LogP contribution is 2.19. The van der Waals surface area contributed by atoms with Crippen LogP contribution in [0.1, 0.15) is 28.2 Å². The van der Waals surface area contributed by atoms with E-state index in [-0.39, 0.29) is 11.9 Å². The first-order valence-electron chi connectivity index (χ1n) is 9.14. The summed E-state index contributed by atoms with van der Waals surface area (Å²) in [6.07, 6.45) is 4.68. The van der Waals surface area contributed by atoms with Gasteiger partial charge in [-0.1, -0.05) is 24.3 Å². The first kappa shape index (κ1) is 17.8. The number of rotatable bonds is 7. The van der Waals surface area contributed by atoms with Gasteiger partial charge >= 0.3 is 0 Å². The largest absolute Gasteiger partial charge is 0.497 e. The van der Waals surface area contributed by atoms with Crippen LogP contribution in [0.4, 0.5) is 5.95 Å². The van der Waals surface area contributed by atoms with Crippen molar-refractivity contribution in [1.29, 1.82) is 0 Å². The number of carbonyl (C=O) groups is 1. The van der Waals surface area contributed by atoms with Gasteiger partial charge in [-0.05, 0) is 42.7 Å². The molecule has 7 heteroatoms. The standard InChI is InChI=1S/C21H21N5O2/c1-28-16-8-4-6-14(12-16)20(27)24-21-23-19(25-26-21)11-5-7-15-13-22-18-10-3-2-9-17(15)18/h2-4,6,8-10,12-13,22H,5,7,11H2,1H3,(H2,23,24,25,26,27). The average Bonchev–Trinajstić information content (AvgIpc) is 3.35. The van der Waals surface area contributed by atoms with E-state index in [1.54, 1.807) is 31.4 Å². The second kappa shape index (κ2) is 7.96. The van der Waals surface area contributed by atoms with Crippen molar-refractivity contribution in [1.82, 2.24) is 20.2 Å². The molecule has 3 N–H and O–H groups in total. The van der Waals surface area contributed by atoms with Gasteiger partial charge in [0.05, 0.1) is 7.11 Å². The summed E-state index contributed by atoms with van der Waals surface area (Å²) < 4.78 is 5.14. The van der Waals surface area contributed by atoms with E-state index >= 15 is 0 Å². The summed E-state index contributed by atoms with van der Waals surface area (Å²) in [5.41, 5.74) is 2.94. The third-order valence-electron chi connectivity index (χ3n) is 4.62. The van der Waals surface area contributed by atoms with Gasteiger partial charge in [0.15, 0.2) is 0 Å². The molecule has 0 radical (unpaired) electrons. The third-order valence-corrected chi connectivity index (χ3v) is 4.62. The lowest BCUT2D eigenvalue weighted by Crippen LogP contribution is -2.13. The number of aromatic amines is 2. The molecule has 0 atom stereocenters. The van der Waals surface area contributed by atoms with E-state index in [4.69, 9.17) is 4.74 Å². The number of ether oxygens (including phenoxy) is 1. The first-order valence-corrected chi connectivity index (χ1v) is 9.14. The number of benzene rings is 2. The van der Waals surface area contributed by atoms with Gasteiger partial charge in [0, 0.05) is 29.1 Å². The highest BCUT2D eigenvalue weighted by molar-refractivity contribution is 6.03. The number of hydrogen-bond acceptors (Lipinski definition) is 4. The number of nitrogens with one attached hydrogen (secondary N) is 3. The molecular weight excluding hydrogens is 354 g/mol. The minimum atomic E-state index is -0.275. The normalized spacial score (nSPS) is 10.9. The van der Waals surface area contributed by atoms with Gasteiger partial charge in [0.25, 0.3) is 5.91 Å². The fourth-order valence-electron chi connectivity index (χ4n) is 3.19. The Morgan fingerprint density at radius 1 is 1.14 bits per heavy atom. The number of methoxy groups -OCH3 is 1. The lowest BCUT2D eigenvalue weighted by atomic mass is 10.1. The number of hydrogen-bond donors (Lipinski definition) is 3. The highest BCUT2D eigenvalue weighted by Gasteiger charge is 2.11. The minimum Gasteiger partial charge on any atom is -0.497 e. The van der Waals surface area contributed by atoms with Crippen LogP contribution >= 0.6 is 0 Å². The molecule has 0 spiro atoms. The number of fused-ring (bicyclic) bond motifs is 1. The molecule has 0 aliphatic rings. The molecule has 0 fully saturated rings. The van der Waals surface area contributed by atoms with Crippen LogP contribution in [-0.2, 0) is 12.8 Å². The number of aromatic nitrogens is 4. The van der Waals surface area contributed by atoms with Crippen molar-refractivity contribution in [3.05, 3.63) is 71.7 Å². The van der Waals surface area contributed by atoms with Gasteiger partial charge in [-0.25, -0.2) is 0 Å². The summed E-state index contributed by atoms with van der Waals surface area (Å²) in [5.74, 6) is 1.37. The maximum absolute atomic E-state index is 12.3. The van der Waals surface area contributed by atoms with Gasteiger partial charge in [0.1, 0.15) is 11.6 Å². The predicted octanol–water partition coefficient (Wildman–Crippen LogP) is 3.72. The molecule has 2 heterocycles. The maximum Gasteiger partial charge on any atom is 0.258 e. The number of aryl methyl sites for hydroxylation is 2. The molecule has 0 saturated heterocycles. The second-order valence-corrected chi connectivity index (χ2v) is 6.50.